The van der Waals surface area contributed by atoms with Gasteiger partial charge in [0.2, 0.25) is 5.91 Å². The Morgan fingerprint density at radius 2 is 1.60 bits per heavy atom. The van der Waals surface area contributed by atoms with Crippen molar-refractivity contribution >= 4 is 41.3 Å². The summed E-state index contributed by atoms with van der Waals surface area (Å²) < 4.78 is 0. The van der Waals surface area contributed by atoms with E-state index in [2.05, 4.69) is 10.2 Å². The first kappa shape index (κ1) is 19.0. The van der Waals surface area contributed by atoms with E-state index < -0.39 is 0 Å². The number of fused-ring (bicyclic) bond motifs is 2. The van der Waals surface area contributed by atoms with Crippen LogP contribution in [0.3, 0.4) is 0 Å². The molecule has 1 aliphatic heterocycles. The summed E-state index contributed by atoms with van der Waals surface area (Å²) in [6.07, 6.45) is 0. The van der Waals surface area contributed by atoms with Crippen molar-refractivity contribution in [3.8, 4) is 0 Å². The smallest absolute Gasteiger partial charge is 0.257 e. The number of anilines is 3. The van der Waals surface area contributed by atoms with Gasteiger partial charge in [-0.25, -0.2) is 0 Å². The molecule has 0 spiro atoms. The average molecular weight is 360 g/mol. The summed E-state index contributed by atoms with van der Waals surface area (Å²) in [4.78, 5) is 29.3. The third kappa shape index (κ3) is 3.67. The molecule has 0 bridgehead atoms. The van der Waals surface area contributed by atoms with Crippen molar-refractivity contribution in [3.63, 3.8) is 0 Å². The van der Waals surface area contributed by atoms with Crippen molar-refractivity contribution in [3.05, 3.63) is 54.1 Å². The second kappa shape index (κ2) is 8.14. The fourth-order valence-electron chi connectivity index (χ4n) is 2.93. The van der Waals surface area contributed by atoms with Gasteiger partial charge in [-0.2, -0.15) is 0 Å². The zero-order valence-corrected chi connectivity index (χ0v) is 15.2. The fraction of sp³-hybridized carbons (Fsp3) is 0.263. The molecule has 0 unspecified atom stereocenters. The molecule has 0 fully saturated rings. The van der Waals surface area contributed by atoms with Crippen LogP contribution < -0.4 is 10.2 Å². The lowest BCUT2D eigenvalue weighted by atomic mass is 10.1. The molecule has 2 amide bonds. The van der Waals surface area contributed by atoms with Crippen molar-refractivity contribution < 1.29 is 9.59 Å². The van der Waals surface area contributed by atoms with E-state index in [-0.39, 0.29) is 24.2 Å². The number of hydrogen-bond acceptors (Lipinski definition) is 3. The molecule has 3 rings (SSSR count). The Balaban J connectivity index is 0.00000225. The molecule has 0 saturated heterocycles. The average Bonchev–Trinajstić information content (AvgIpc) is 2.73. The minimum Gasteiger partial charge on any atom is -0.320 e. The van der Waals surface area contributed by atoms with Gasteiger partial charge in [0.05, 0.1) is 29.2 Å². The van der Waals surface area contributed by atoms with Crippen molar-refractivity contribution in [1.29, 1.82) is 0 Å². The van der Waals surface area contributed by atoms with Gasteiger partial charge in [-0.05, 0) is 37.4 Å². The molecule has 1 aliphatic rings. The third-order valence-corrected chi connectivity index (χ3v) is 4.29. The van der Waals surface area contributed by atoms with Gasteiger partial charge in [-0.3, -0.25) is 19.4 Å². The van der Waals surface area contributed by atoms with Crippen molar-refractivity contribution in [2.24, 2.45) is 0 Å². The van der Waals surface area contributed by atoms with E-state index in [1.165, 1.54) is 0 Å². The van der Waals surface area contributed by atoms with Gasteiger partial charge in [0.25, 0.3) is 5.91 Å². The van der Waals surface area contributed by atoms with E-state index in [1.807, 2.05) is 50.2 Å². The topological polar surface area (TPSA) is 52.7 Å². The zero-order valence-electron chi connectivity index (χ0n) is 14.4. The predicted octanol–water partition coefficient (Wildman–Crippen LogP) is 3.68. The summed E-state index contributed by atoms with van der Waals surface area (Å²) >= 11 is 0. The second-order valence-corrected chi connectivity index (χ2v) is 5.68. The van der Waals surface area contributed by atoms with Gasteiger partial charge >= 0.3 is 0 Å². The molecule has 132 valence electrons. The Morgan fingerprint density at radius 1 is 1.00 bits per heavy atom. The zero-order chi connectivity index (χ0) is 17.1. The summed E-state index contributed by atoms with van der Waals surface area (Å²) in [5, 5.41) is 2.90. The highest BCUT2D eigenvalue weighted by atomic mass is 35.5. The van der Waals surface area contributed by atoms with Gasteiger partial charge in [0, 0.05) is 0 Å². The van der Waals surface area contributed by atoms with E-state index in [1.54, 1.807) is 17.0 Å². The summed E-state index contributed by atoms with van der Waals surface area (Å²) in [5.74, 6) is -0.244. The summed E-state index contributed by atoms with van der Waals surface area (Å²) in [6.45, 7) is 5.98. The first-order valence-corrected chi connectivity index (χ1v) is 8.20. The number of amides is 2. The number of carbonyl (C=O) groups excluding carboxylic acids is 2. The lowest BCUT2D eigenvalue weighted by Crippen LogP contribution is -2.38. The standard InChI is InChI=1S/C19H21N3O2.ClH/c1-3-21(4-2)13-18(23)22-16-11-7-5-9-14(16)19(24)20-15-10-6-8-12-17(15)22;/h5-12H,3-4,13H2,1-2H3,(H,20,24);1H. The van der Waals surface area contributed by atoms with Gasteiger partial charge in [0.15, 0.2) is 0 Å². The minimum atomic E-state index is -0.198. The monoisotopic (exact) mass is 359 g/mol. The number of hydrogen-bond donors (Lipinski definition) is 1. The summed E-state index contributed by atoms with van der Waals surface area (Å²) in [5.41, 5.74) is 2.47. The summed E-state index contributed by atoms with van der Waals surface area (Å²) in [7, 11) is 0. The maximum absolute atomic E-state index is 13.1. The molecular weight excluding hydrogens is 338 g/mol. The molecule has 2 aromatic carbocycles. The number of carbonyl (C=O) groups is 2. The summed E-state index contributed by atoms with van der Waals surface area (Å²) in [6, 6.07) is 14.6. The molecule has 1 heterocycles. The normalized spacial score (nSPS) is 12.6. The molecule has 5 nitrogen and oxygen atoms in total. The second-order valence-electron chi connectivity index (χ2n) is 5.68. The number of halogens is 1. The Kier molecular flexibility index (Phi) is 6.17. The van der Waals surface area contributed by atoms with Crippen molar-refractivity contribution in [2.75, 3.05) is 29.9 Å². The van der Waals surface area contributed by atoms with Gasteiger partial charge in [0.1, 0.15) is 0 Å². The van der Waals surface area contributed by atoms with E-state index >= 15 is 0 Å². The van der Waals surface area contributed by atoms with Crippen LogP contribution in [0.4, 0.5) is 17.1 Å². The Morgan fingerprint density at radius 3 is 2.28 bits per heavy atom. The molecular formula is C19H22ClN3O2. The molecule has 6 heteroatoms. The highest BCUT2D eigenvalue weighted by Gasteiger charge is 2.29. The van der Waals surface area contributed by atoms with Crippen LogP contribution in [0.1, 0.15) is 24.2 Å². The molecule has 2 aromatic rings. The first-order chi connectivity index (χ1) is 11.7. The molecule has 0 saturated carbocycles. The fourth-order valence-corrected chi connectivity index (χ4v) is 2.93. The number of nitrogens with one attached hydrogen (secondary N) is 1. The van der Waals surface area contributed by atoms with Crippen LogP contribution in [0.2, 0.25) is 0 Å². The number of likely N-dealkylation sites (N-methyl/N-ethyl adjacent to an activating group) is 1. The van der Waals surface area contributed by atoms with Crippen molar-refractivity contribution in [1.82, 2.24) is 4.90 Å². The van der Waals surface area contributed by atoms with Gasteiger partial charge in [-0.15, -0.1) is 12.4 Å². The minimum absolute atomic E-state index is 0. The van der Waals surface area contributed by atoms with Crippen LogP contribution in [0, 0.1) is 0 Å². The quantitative estimate of drug-likeness (QED) is 0.906. The number of rotatable bonds is 4. The van der Waals surface area contributed by atoms with E-state index in [0.29, 0.717) is 29.2 Å². The van der Waals surface area contributed by atoms with Crippen LogP contribution >= 0.6 is 12.4 Å². The third-order valence-electron chi connectivity index (χ3n) is 4.29. The van der Waals surface area contributed by atoms with Crippen LogP contribution in [0.25, 0.3) is 0 Å². The van der Waals surface area contributed by atoms with Crippen LogP contribution in [-0.4, -0.2) is 36.3 Å². The highest BCUT2D eigenvalue weighted by Crippen LogP contribution is 2.37. The van der Waals surface area contributed by atoms with Crippen LogP contribution in [-0.2, 0) is 4.79 Å². The van der Waals surface area contributed by atoms with Gasteiger partial charge < -0.3 is 5.32 Å². The molecule has 0 aliphatic carbocycles. The first-order valence-electron chi connectivity index (χ1n) is 8.20. The lowest BCUT2D eigenvalue weighted by molar-refractivity contribution is -0.118. The molecule has 0 aromatic heterocycles. The maximum atomic E-state index is 13.1. The largest absolute Gasteiger partial charge is 0.320 e. The molecule has 25 heavy (non-hydrogen) atoms. The van der Waals surface area contributed by atoms with Crippen LogP contribution in [0.5, 0.6) is 0 Å². The number of para-hydroxylation sites is 3. The number of benzene rings is 2. The van der Waals surface area contributed by atoms with Crippen LogP contribution in [0.15, 0.2) is 48.5 Å². The van der Waals surface area contributed by atoms with E-state index in [4.69, 9.17) is 0 Å². The predicted molar refractivity (Wildman–Crippen MR) is 103 cm³/mol. The van der Waals surface area contributed by atoms with E-state index in [0.717, 1.165) is 13.1 Å². The number of nitrogens with zero attached hydrogens (tertiary/aromatic N) is 2. The van der Waals surface area contributed by atoms with Gasteiger partial charge in [-0.1, -0.05) is 38.1 Å². The maximum Gasteiger partial charge on any atom is 0.257 e. The SMILES string of the molecule is CCN(CC)CC(=O)N1c2ccccc2NC(=O)c2ccccc21.Cl. The van der Waals surface area contributed by atoms with E-state index in [9.17, 15) is 9.59 Å². The molecule has 0 radical (unpaired) electrons. The molecule has 1 N–H and O–H groups in total. The molecule has 0 atom stereocenters. The lowest BCUT2D eigenvalue weighted by Gasteiger charge is -2.27. The Labute approximate surface area is 154 Å². The Bertz CT molecular complexity index is 775. The Hall–Kier alpha value is -2.37. The van der Waals surface area contributed by atoms with Crippen molar-refractivity contribution in [2.45, 2.75) is 13.8 Å². The highest BCUT2D eigenvalue weighted by molar-refractivity contribution is 6.17.